The van der Waals surface area contributed by atoms with Crippen LogP contribution in [0, 0.1) is 5.92 Å². The van der Waals surface area contributed by atoms with Crippen LogP contribution in [0.5, 0.6) is 0 Å². The first-order chi connectivity index (χ1) is 9.97. The van der Waals surface area contributed by atoms with Gasteiger partial charge in [0.2, 0.25) is 10.0 Å². The van der Waals surface area contributed by atoms with Crippen LogP contribution in [0.15, 0.2) is 0 Å². The summed E-state index contributed by atoms with van der Waals surface area (Å²) in [7, 11) is -2.15. The van der Waals surface area contributed by atoms with Crippen LogP contribution in [-0.2, 0) is 19.6 Å². The average Bonchev–Trinajstić information content (AvgIpc) is 2.47. The molecular weight excluding hydrogens is 292 g/mol. The number of carbonyl (C=O) groups excluding carboxylic acids is 1. The quantitative estimate of drug-likeness (QED) is 0.732. The molecule has 2 rings (SSSR count). The van der Waals surface area contributed by atoms with Crippen molar-refractivity contribution in [2.75, 3.05) is 26.0 Å². The van der Waals surface area contributed by atoms with Crippen molar-refractivity contribution < 1.29 is 17.9 Å². The summed E-state index contributed by atoms with van der Waals surface area (Å²) in [6, 6.07) is 0. The van der Waals surface area contributed by atoms with Gasteiger partial charge in [-0.1, -0.05) is 19.3 Å². The molecule has 0 aromatic heterocycles. The molecule has 2 fully saturated rings. The summed E-state index contributed by atoms with van der Waals surface area (Å²) < 4.78 is 32.4. The Kier molecular flexibility index (Phi) is 5.62. The Bertz CT molecular complexity index is 452. The van der Waals surface area contributed by atoms with Crippen molar-refractivity contribution in [1.29, 1.82) is 0 Å². The van der Waals surface area contributed by atoms with Crippen LogP contribution >= 0.6 is 0 Å². The first-order valence-corrected chi connectivity index (χ1v) is 9.43. The standard InChI is InChI=1S/C14H26N2O4S/c1-20-13(17)14(7-3-2-4-8-14)16-21(18,19)11-12-5-9-15-10-6-12/h12,15-16H,2-11H2,1H3. The van der Waals surface area contributed by atoms with Gasteiger partial charge in [0.05, 0.1) is 12.9 Å². The second kappa shape index (κ2) is 7.07. The van der Waals surface area contributed by atoms with Gasteiger partial charge in [-0.25, -0.2) is 8.42 Å². The molecule has 7 heteroatoms. The summed E-state index contributed by atoms with van der Waals surface area (Å²) in [4.78, 5) is 12.1. The molecule has 6 nitrogen and oxygen atoms in total. The lowest BCUT2D eigenvalue weighted by Crippen LogP contribution is -2.57. The highest BCUT2D eigenvalue weighted by molar-refractivity contribution is 7.89. The molecule has 0 aromatic carbocycles. The molecule has 1 aliphatic heterocycles. The maximum absolute atomic E-state index is 12.5. The summed E-state index contributed by atoms with van der Waals surface area (Å²) in [5.41, 5.74) is -1.04. The lowest BCUT2D eigenvalue weighted by atomic mass is 9.83. The molecule has 0 radical (unpaired) electrons. The van der Waals surface area contributed by atoms with E-state index in [1.807, 2.05) is 0 Å². The zero-order chi connectivity index (χ0) is 15.3. The van der Waals surface area contributed by atoms with Crippen molar-refractivity contribution in [1.82, 2.24) is 10.0 Å². The average molecular weight is 318 g/mol. The molecule has 1 heterocycles. The minimum absolute atomic E-state index is 0.105. The monoisotopic (exact) mass is 318 g/mol. The first kappa shape index (κ1) is 16.7. The Morgan fingerprint density at radius 2 is 1.86 bits per heavy atom. The van der Waals surface area contributed by atoms with Gasteiger partial charge < -0.3 is 10.1 Å². The number of sulfonamides is 1. The Hall–Kier alpha value is -0.660. The van der Waals surface area contributed by atoms with Crippen molar-refractivity contribution in [3.63, 3.8) is 0 Å². The molecule has 2 aliphatic rings. The Morgan fingerprint density at radius 3 is 2.43 bits per heavy atom. The van der Waals surface area contributed by atoms with Gasteiger partial charge in [0.15, 0.2) is 0 Å². The van der Waals surface area contributed by atoms with Gasteiger partial charge in [0.25, 0.3) is 0 Å². The van der Waals surface area contributed by atoms with E-state index in [1.165, 1.54) is 7.11 Å². The van der Waals surface area contributed by atoms with Crippen LogP contribution in [0.25, 0.3) is 0 Å². The smallest absolute Gasteiger partial charge is 0.327 e. The van der Waals surface area contributed by atoms with Gasteiger partial charge in [-0.2, -0.15) is 4.72 Å². The normalized spacial score (nSPS) is 23.7. The van der Waals surface area contributed by atoms with E-state index in [2.05, 4.69) is 10.0 Å². The zero-order valence-corrected chi connectivity index (χ0v) is 13.5. The Morgan fingerprint density at radius 1 is 1.24 bits per heavy atom. The van der Waals surface area contributed by atoms with Crippen molar-refractivity contribution >= 4 is 16.0 Å². The fraction of sp³-hybridized carbons (Fsp3) is 0.929. The lowest BCUT2D eigenvalue weighted by Gasteiger charge is -2.35. The van der Waals surface area contributed by atoms with Crippen LogP contribution in [0.1, 0.15) is 44.9 Å². The van der Waals surface area contributed by atoms with Crippen molar-refractivity contribution in [3.8, 4) is 0 Å². The van der Waals surface area contributed by atoms with Gasteiger partial charge >= 0.3 is 5.97 Å². The highest BCUT2D eigenvalue weighted by atomic mass is 32.2. The van der Waals surface area contributed by atoms with E-state index in [-0.39, 0.29) is 11.7 Å². The lowest BCUT2D eigenvalue weighted by molar-refractivity contribution is -0.149. The molecule has 0 amide bonds. The summed E-state index contributed by atoms with van der Waals surface area (Å²) >= 11 is 0. The van der Waals surface area contributed by atoms with E-state index in [0.717, 1.165) is 45.2 Å². The number of esters is 1. The topological polar surface area (TPSA) is 84.5 Å². The predicted octanol–water partition coefficient (Wildman–Crippen LogP) is 0.781. The number of hydrogen-bond acceptors (Lipinski definition) is 5. The molecule has 0 unspecified atom stereocenters. The zero-order valence-electron chi connectivity index (χ0n) is 12.7. The third kappa shape index (κ3) is 4.40. The minimum atomic E-state index is -3.47. The largest absolute Gasteiger partial charge is 0.468 e. The third-order valence-electron chi connectivity index (χ3n) is 4.55. The van der Waals surface area contributed by atoms with Gasteiger partial charge in [-0.3, -0.25) is 4.79 Å². The molecule has 0 bridgehead atoms. The molecule has 1 saturated carbocycles. The first-order valence-electron chi connectivity index (χ1n) is 7.78. The van der Waals surface area contributed by atoms with Crippen LogP contribution in [-0.4, -0.2) is 45.9 Å². The number of ether oxygens (including phenoxy) is 1. The predicted molar refractivity (Wildman–Crippen MR) is 80.3 cm³/mol. The van der Waals surface area contributed by atoms with Gasteiger partial charge in [0.1, 0.15) is 5.54 Å². The highest BCUT2D eigenvalue weighted by Crippen LogP contribution is 2.30. The Balaban J connectivity index is 2.05. The number of carbonyl (C=O) groups is 1. The summed E-state index contributed by atoms with van der Waals surface area (Å²) in [5.74, 6) is -0.175. The van der Waals surface area contributed by atoms with E-state index < -0.39 is 21.5 Å². The van der Waals surface area contributed by atoms with Crippen LogP contribution < -0.4 is 10.0 Å². The van der Waals surface area contributed by atoms with E-state index in [4.69, 9.17) is 4.74 Å². The molecule has 21 heavy (non-hydrogen) atoms. The molecule has 0 atom stereocenters. The Labute approximate surface area is 127 Å². The van der Waals surface area contributed by atoms with Crippen LogP contribution in [0.2, 0.25) is 0 Å². The van der Waals surface area contributed by atoms with Gasteiger partial charge in [-0.05, 0) is 44.7 Å². The second-order valence-corrected chi connectivity index (χ2v) is 7.98. The summed E-state index contributed by atoms with van der Waals surface area (Å²) in [5, 5.41) is 3.23. The number of methoxy groups -OCH3 is 1. The van der Waals surface area contributed by atoms with Crippen LogP contribution in [0.3, 0.4) is 0 Å². The number of rotatable bonds is 5. The molecular formula is C14H26N2O4S. The van der Waals surface area contributed by atoms with Crippen LogP contribution in [0.4, 0.5) is 0 Å². The van der Waals surface area contributed by atoms with E-state index >= 15 is 0 Å². The maximum Gasteiger partial charge on any atom is 0.327 e. The second-order valence-electron chi connectivity index (χ2n) is 6.21. The summed E-state index contributed by atoms with van der Waals surface area (Å²) in [6.45, 7) is 1.73. The van der Waals surface area contributed by atoms with E-state index in [9.17, 15) is 13.2 Å². The third-order valence-corrected chi connectivity index (χ3v) is 6.16. The molecule has 0 spiro atoms. The maximum atomic E-state index is 12.5. The highest BCUT2D eigenvalue weighted by Gasteiger charge is 2.44. The number of hydrogen-bond donors (Lipinski definition) is 2. The van der Waals surface area contributed by atoms with Gasteiger partial charge in [0, 0.05) is 0 Å². The number of nitrogens with one attached hydrogen (secondary N) is 2. The van der Waals surface area contributed by atoms with E-state index in [0.29, 0.717) is 12.8 Å². The number of piperidine rings is 1. The van der Waals surface area contributed by atoms with Gasteiger partial charge in [-0.15, -0.1) is 0 Å². The SMILES string of the molecule is COC(=O)C1(NS(=O)(=O)CC2CCNCC2)CCCCC1. The van der Waals surface area contributed by atoms with E-state index in [1.54, 1.807) is 0 Å². The molecule has 0 aromatic rings. The summed E-state index contributed by atoms with van der Waals surface area (Å²) in [6.07, 6.45) is 5.54. The van der Waals surface area contributed by atoms with Crippen molar-refractivity contribution in [2.24, 2.45) is 5.92 Å². The minimum Gasteiger partial charge on any atom is -0.468 e. The van der Waals surface area contributed by atoms with Crippen molar-refractivity contribution in [2.45, 2.75) is 50.5 Å². The fourth-order valence-corrected chi connectivity index (χ4v) is 5.32. The molecule has 2 N–H and O–H groups in total. The molecule has 122 valence electrons. The fourth-order valence-electron chi connectivity index (χ4n) is 3.40. The van der Waals surface area contributed by atoms with Crippen molar-refractivity contribution in [3.05, 3.63) is 0 Å². The molecule has 1 aliphatic carbocycles. The molecule has 1 saturated heterocycles.